The summed E-state index contributed by atoms with van der Waals surface area (Å²) in [5.41, 5.74) is -1.10. The molecule has 0 radical (unpaired) electrons. The minimum atomic E-state index is -1.51. The maximum atomic E-state index is 13.8. The number of aromatic nitrogens is 6. The van der Waals surface area contributed by atoms with E-state index in [2.05, 4.69) is 20.6 Å². The molecule has 0 bridgehead atoms. The van der Waals surface area contributed by atoms with E-state index in [1.54, 1.807) is 12.1 Å². The Morgan fingerprint density at radius 2 is 1.09 bits per heavy atom. The maximum Gasteiger partial charge on any atom is 0.134 e. The molecular formula is C28H30F2N6O8S. The van der Waals surface area contributed by atoms with Crippen LogP contribution in [0.1, 0.15) is 12.1 Å². The molecule has 17 heteroatoms. The summed E-state index contributed by atoms with van der Waals surface area (Å²) in [4.78, 5) is 0. The van der Waals surface area contributed by atoms with Gasteiger partial charge >= 0.3 is 0 Å². The number of rotatable bonds is 8. The highest BCUT2D eigenvalue weighted by Gasteiger charge is 2.51. The molecule has 45 heavy (non-hydrogen) atoms. The number of hydrogen-bond acceptors (Lipinski definition) is 13. The summed E-state index contributed by atoms with van der Waals surface area (Å²) in [6, 6.07) is 8.88. The van der Waals surface area contributed by atoms with E-state index in [9.17, 15) is 39.4 Å². The molecule has 4 heterocycles. The quantitative estimate of drug-likeness (QED) is 0.148. The first-order valence-corrected chi connectivity index (χ1v) is 14.9. The van der Waals surface area contributed by atoms with Crippen LogP contribution in [0.5, 0.6) is 0 Å². The number of benzene rings is 2. The number of hydrogen-bond donors (Lipinski definition) is 6. The molecule has 4 aromatic rings. The molecule has 2 aromatic carbocycles. The van der Waals surface area contributed by atoms with E-state index in [0.717, 1.165) is 11.8 Å². The molecule has 6 rings (SSSR count). The maximum absolute atomic E-state index is 13.8. The Kier molecular flexibility index (Phi) is 9.23. The van der Waals surface area contributed by atoms with Crippen LogP contribution in [0, 0.1) is 11.6 Å². The average Bonchev–Trinajstić information content (AvgIpc) is 3.71. The second kappa shape index (κ2) is 13.1. The first kappa shape index (κ1) is 31.6. The molecule has 2 aliphatic heterocycles. The molecule has 240 valence electrons. The van der Waals surface area contributed by atoms with Crippen LogP contribution in [-0.4, -0.2) is 121 Å². The van der Waals surface area contributed by atoms with Gasteiger partial charge in [-0.15, -0.1) is 10.2 Å². The zero-order chi connectivity index (χ0) is 31.8. The fourth-order valence-electron chi connectivity index (χ4n) is 5.52. The summed E-state index contributed by atoms with van der Waals surface area (Å²) in [7, 11) is 0. The van der Waals surface area contributed by atoms with Crippen LogP contribution in [-0.2, 0) is 9.47 Å². The van der Waals surface area contributed by atoms with Gasteiger partial charge in [0.05, 0.1) is 25.6 Å². The molecule has 2 aliphatic rings. The normalized spacial score (nSPS) is 32.1. The van der Waals surface area contributed by atoms with Gasteiger partial charge in [-0.3, -0.25) is 0 Å². The lowest BCUT2D eigenvalue weighted by Crippen LogP contribution is -2.58. The first-order chi connectivity index (χ1) is 21.7. The van der Waals surface area contributed by atoms with Gasteiger partial charge in [0.25, 0.3) is 0 Å². The van der Waals surface area contributed by atoms with Crippen molar-refractivity contribution in [2.75, 3.05) is 13.2 Å². The van der Waals surface area contributed by atoms with E-state index in [1.165, 1.54) is 58.2 Å². The number of thioether (sulfide) groups is 1. The van der Waals surface area contributed by atoms with Gasteiger partial charge in [-0.1, -0.05) is 46.5 Å². The Balaban J connectivity index is 1.25. The van der Waals surface area contributed by atoms with Gasteiger partial charge in [-0.2, -0.15) is 0 Å². The van der Waals surface area contributed by atoms with Gasteiger partial charge < -0.3 is 40.1 Å². The predicted molar refractivity (Wildman–Crippen MR) is 152 cm³/mol. The first-order valence-electron chi connectivity index (χ1n) is 13.9. The highest BCUT2D eigenvalue weighted by Crippen LogP contribution is 2.42. The molecule has 10 atom stereocenters. The lowest BCUT2D eigenvalue weighted by atomic mass is 9.97. The van der Waals surface area contributed by atoms with Gasteiger partial charge in [0.1, 0.15) is 82.6 Å². The van der Waals surface area contributed by atoms with Gasteiger partial charge in [-0.05, 0) is 24.3 Å². The summed E-state index contributed by atoms with van der Waals surface area (Å²) in [5, 5.41) is 80.8. The van der Waals surface area contributed by atoms with Crippen LogP contribution in [0.2, 0.25) is 0 Å². The van der Waals surface area contributed by atoms with E-state index < -0.39 is 84.4 Å². The van der Waals surface area contributed by atoms with Crippen molar-refractivity contribution in [3.05, 3.63) is 72.6 Å². The summed E-state index contributed by atoms with van der Waals surface area (Å²) in [5.74, 6) is -0.978. The Bertz CT molecular complexity index is 1500. The van der Waals surface area contributed by atoms with Crippen LogP contribution in [0.4, 0.5) is 8.78 Å². The SMILES string of the molecule is OCC1O[C@@H](S[C@@H]2OC(CO)[C@H](O)[C@@H](n3cc(-c4cccc(F)c4)nn3)C2O)[C@@H](O)C(n2cc(-c3cccc(F)c3)nn2)[C@H]1O. The third-order valence-electron chi connectivity index (χ3n) is 7.84. The van der Waals surface area contributed by atoms with Crippen LogP contribution in [0.3, 0.4) is 0 Å². The van der Waals surface area contributed by atoms with Crippen LogP contribution in [0.25, 0.3) is 22.5 Å². The number of aliphatic hydroxyl groups is 6. The number of ether oxygens (including phenoxy) is 2. The number of halogens is 2. The van der Waals surface area contributed by atoms with Crippen LogP contribution < -0.4 is 0 Å². The topological polar surface area (TPSA) is 201 Å². The van der Waals surface area contributed by atoms with Crippen LogP contribution >= 0.6 is 11.8 Å². The Morgan fingerprint density at radius 3 is 1.47 bits per heavy atom. The standard InChI is InChI=1S/C28H30F2N6O8S/c29-15-5-1-3-13(7-15)17-9-35(33-31-17)21-23(39)19(11-37)43-27(25(21)41)45-28-26(42)22(24(40)20(12-38)44-28)36-10-18(32-34-36)14-4-2-6-16(30)8-14/h1-10,19-28,37-42H,11-12H2/t19?,20?,21-,22?,23+,24+,25?,26+,27+,28+/m1/s1. The van der Waals surface area contributed by atoms with E-state index in [1.807, 2.05) is 0 Å². The molecule has 0 amide bonds. The molecule has 2 aromatic heterocycles. The van der Waals surface area contributed by atoms with Crippen molar-refractivity contribution in [3.8, 4) is 22.5 Å². The fraction of sp³-hybridized carbons (Fsp3) is 0.429. The monoisotopic (exact) mass is 648 g/mol. The zero-order valence-corrected chi connectivity index (χ0v) is 24.1. The molecule has 2 saturated heterocycles. The summed E-state index contributed by atoms with van der Waals surface area (Å²) in [6.07, 6.45) is -5.48. The Labute approximate surface area is 258 Å². The molecular weight excluding hydrogens is 618 g/mol. The van der Waals surface area contributed by atoms with Crippen LogP contribution in [0.15, 0.2) is 60.9 Å². The van der Waals surface area contributed by atoms with Crippen molar-refractivity contribution in [3.63, 3.8) is 0 Å². The van der Waals surface area contributed by atoms with Crippen molar-refractivity contribution >= 4 is 11.8 Å². The van der Waals surface area contributed by atoms with Crippen molar-refractivity contribution in [2.24, 2.45) is 0 Å². The van der Waals surface area contributed by atoms with E-state index in [-0.39, 0.29) is 11.4 Å². The molecule has 0 spiro atoms. The number of nitrogens with zero attached hydrogens (tertiary/aromatic N) is 6. The van der Waals surface area contributed by atoms with Gasteiger partial charge in [0.2, 0.25) is 0 Å². The molecule has 0 aliphatic carbocycles. The van der Waals surface area contributed by atoms with Gasteiger partial charge in [0, 0.05) is 11.1 Å². The largest absolute Gasteiger partial charge is 0.394 e. The lowest BCUT2D eigenvalue weighted by Gasteiger charge is -2.46. The second-order valence-corrected chi connectivity index (χ2v) is 11.9. The molecule has 6 N–H and O–H groups in total. The minimum absolute atomic E-state index is 0.268. The van der Waals surface area contributed by atoms with E-state index >= 15 is 0 Å². The molecule has 14 nitrogen and oxygen atoms in total. The lowest BCUT2D eigenvalue weighted by molar-refractivity contribution is -0.189. The summed E-state index contributed by atoms with van der Waals surface area (Å²) >= 11 is 0.796. The fourth-order valence-corrected chi connectivity index (χ4v) is 6.84. The third-order valence-corrected chi connectivity index (χ3v) is 9.15. The summed E-state index contributed by atoms with van der Waals surface area (Å²) in [6.45, 7) is -1.27. The molecule has 2 fully saturated rings. The zero-order valence-electron chi connectivity index (χ0n) is 23.3. The van der Waals surface area contributed by atoms with E-state index in [4.69, 9.17) is 9.47 Å². The Hall–Kier alpha value is -3.39. The predicted octanol–water partition coefficient (Wildman–Crippen LogP) is -0.125. The highest BCUT2D eigenvalue weighted by molar-refractivity contribution is 8.00. The highest BCUT2D eigenvalue weighted by atomic mass is 32.2. The van der Waals surface area contributed by atoms with Crippen molar-refractivity contribution in [1.82, 2.24) is 30.0 Å². The third kappa shape index (κ3) is 6.23. The molecule has 4 unspecified atom stereocenters. The summed E-state index contributed by atoms with van der Waals surface area (Å²) < 4.78 is 41.5. The second-order valence-electron chi connectivity index (χ2n) is 10.7. The Morgan fingerprint density at radius 1 is 0.667 bits per heavy atom. The smallest absolute Gasteiger partial charge is 0.134 e. The average molecular weight is 649 g/mol. The van der Waals surface area contributed by atoms with Gasteiger partial charge in [-0.25, -0.2) is 18.1 Å². The minimum Gasteiger partial charge on any atom is -0.394 e. The number of aliphatic hydroxyl groups excluding tert-OH is 6. The van der Waals surface area contributed by atoms with Gasteiger partial charge in [0.15, 0.2) is 0 Å². The van der Waals surface area contributed by atoms with Crippen molar-refractivity contribution in [2.45, 2.75) is 59.6 Å². The van der Waals surface area contributed by atoms with Crippen molar-refractivity contribution in [1.29, 1.82) is 0 Å². The molecule has 0 saturated carbocycles. The van der Waals surface area contributed by atoms with Crippen molar-refractivity contribution < 1.29 is 48.9 Å². The van der Waals surface area contributed by atoms with E-state index in [0.29, 0.717) is 11.1 Å².